The lowest BCUT2D eigenvalue weighted by Crippen LogP contribution is -2.18. The molecule has 2 N–H and O–H groups in total. The maximum atomic E-state index is 5.67. The first-order valence-corrected chi connectivity index (χ1v) is 3.85. The van der Waals surface area contributed by atoms with Crippen molar-refractivity contribution in [2.24, 2.45) is 5.73 Å². The number of hydrogen-bond acceptors (Lipinski definition) is 2. The number of aromatic nitrogens is 1. The van der Waals surface area contributed by atoms with E-state index in [1.165, 1.54) is 11.1 Å². The molecule has 60 valence electrons. The van der Waals surface area contributed by atoms with Crippen LogP contribution in [0, 0.1) is 6.92 Å². The van der Waals surface area contributed by atoms with Gasteiger partial charge in [-0.3, -0.25) is 4.98 Å². The van der Waals surface area contributed by atoms with Crippen molar-refractivity contribution in [2.75, 3.05) is 0 Å². The predicted molar refractivity (Wildman–Crippen MR) is 46.3 cm³/mol. The highest BCUT2D eigenvalue weighted by molar-refractivity contribution is 5.21. The van der Waals surface area contributed by atoms with Gasteiger partial charge >= 0.3 is 0 Å². The fourth-order valence-electron chi connectivity index (χ4n) is 1.06. The van der Waals surface area contributed by atoms with E-state index in [0.717, 1.165) is 6.42 Å². The van der Waals surface area contributed by atoms with Crippen LogP contribution in [0.2, 0.25) is 0 Å². The highest BCUT2D eigenvalue weighted by Crippen LogP contribution is 2.06. The van der Waals surface area contributed by atoms with Crippen LogP contribution in [-0.4, -0.2) is 11.0 Å². The second kappa shape index (κ2) is 3.49. The SMILES string of the molecule is Cc1ccncc1C[C@@H](C)N. The molecule has 0 aliphatic carbocycles. The van der Waals surface area contributed by atoms with Crippen LogP contribution < -0.4 is 5.73 Å². The summed E-state index contributed by atoms with van der Waals surface area (Å²) in [6.45, 7) is 4.09. The van der Waals surface area contributed by atoms with Crippen molar-refractivity contribution in [1.82, 2.24) is 4.98 Å². The molecule has 0 saturated carbocycles. The van der Waals surface area contributed by atoms with Crippen molar-refractivity contribution in [3.05, 3.63) is 29.6 Å². The van der Waals surface area contributed by atoms with E-state index in [0.29, 0.717) is 0 Å². The lowest BCUT2D eigenvalue weighted by Gasteiger charge is -2.06. The molecule has 1 aromatic heterocycles. The zero-order chi connectivity index (χ0) is 8.27. The zero-order valence-electron chi connectivity index (χ0n) is 7.04. The molecule has 0 spiro atoms. The van der Waals surface area contributed by atoms with E-state index in [1.807, 2.05) is 19.2 Å². The molecule has 0 aromatic carbocycles. The van der Waals surface area contributed by atoms with Gasteiger partial charge in [0.25, 0.3) is 0 Å². The number of pyridine rings is 1. The van der Waals surface area contributed by atoms with Crippen LogP contribution in [-0.2, 0) is 6.42 Å². The Morgan fingerprint density at radius 3 is 2.91 bits per heavy atom. The van der Waals surface area contributed by atoms with Crippen LogP contribution in [0.1, 0.15) is 18.1 Å². The van der Waals surface area contributed by atoms with Crippen molar-refractivity contribution in [3.63, 3.8) is 0 Å². The summed E-state index contributed by atoms with van der Waals surface area (Å²) in [6, 6.07) is 2.23. The van der Waals surface area contributed by atoms with Crippen LogP contribution in [0.25, 0.3) is 0 Å². The summed E-state index contributed by atoms with van der Waals surface area (Å²) in [6.07, 6.45) is 4.61. The summed E-state index contributed by atoms with van der Waals surface area (Å²) in [7, 11) is 0. The molecule has 0 bridgehead atoms. The molecule has 2 heteroatoms. The number of aryl methyl sites for hydroxylation is 1. The fraction of sp³-hybridized carbons (Fsp3) is 0.444. The Kier molecular flexibility index (Phi) is 2.60. The molecule has 0 unspecified atom stereocenters. The summed E-state index contributed by atoms with van der Waals surface area (Å²) in [4.78, 5) is 4.04. The fourth-order valence-corrected chi connectivity index (χ4v) is 1.06. The Hall–Kier alpha value is -0.890. The van der Waals surface area contributed by atoms with Gasteiger partial charge in [0.05, 0.1) is 0 Å². The van der Waals surface area contributed by atoms with E-state index < -0.39 is 0 Å². The average Bonchev–Trinajstić information content (AvgIpc) is 1.93. The average molecular weight is 150 g/mol. The minimum absolute atomic E-state index is 0.220. The van der Waals surface area contributed by atoms with Crippen LogP contribution in [0.3, 0.4) is 0 Å². The zero-order valence-corrected chi connectivity index (χ0v) is 7.04. The van der Waals surface area contributed by atoms with Gasteiger partial charge in [0.2, 0.25) is 0 Å². The quantitative estimate of drug-likeness (QED) is 0.689. The highest BCUT2D eigenvalue weighted by atomic mass is 14.6. The first-order valence-electron chi connectivity index (χ1n) is 3.85. The third-order valence-corrected chi connectivity index (χ3v) is 1.69. The first kappa shape index (κ1) is 8.21. The standard InChI is InChI=1S/C9H14N2/c1-7-3-4-11-6-9(7)5-8(2)10/h3-4,6,8H,5,10H2,1-2H3/t8-/m1/s1. The van der Waals surface area contributed by atoms with E-state index in [4.69, 9.17) is 5.73 Å². The van der Waals surface area contributed by atoms with Gasteiger partial charge in [-0.05, 0) is 37.5 Å². The number of hydrogen-bond donors (Lipinski definition) is 1. The molecule has 2 nitrogen and oxygen atoms in total. The molecule has 0 amide bonds. The van der Waals surface area contributed by atoms with Crippen LogP contribution in [0.15, 0.2) is 18.5 Å². The third-order valence-electron chi connectivity index (χ3n) is 1.69. The molecule has 11 heavy (non-hydrogen) atoms. The largest absolute Gasteiger partial charge is 0.328 e. The van der Waals surface area contributed by atoms with Crippen LogP contribution >= 0.6 is 0 Å². The second-order valence-corrected chi connectivity index (χ2v) is 2.98. The topological polar surface area (TPSA) is 38.9 Å². The minimum atomic E-state index is 0.220. The van der Waals surface area contributed by atoms with E-state index in [2.05, 4.69) is 11.9 Å². The van der Waals surface area contributed by atoms with Gasteiger partial charge in [-0.15, -0.1) is 0 Å². The molecular formula is C9H14N2. The number of nitrogens with two attached hydrogens (primary N) is 1. The van der Waals surface area contributed by atoms with Crippen LogP contribution in [0.5, 0.6) is 0 Å². The van der Waals surface area contributed by atoms with Crippen molar-refractivity contribution < 1.29 is 0 Å². The minimum Gasteiger partial charge on any atom is -0.328 e. The van der Waals surface area contributed by atoms with Gasteiger partial charge in [-0.2, -0.15) is 0 Å². The van der Waals surface area contributed by atoms with Gasteiger partial charge in [0.1, 0.15) is 0 Å². The Bertz CT molecular complexity index is 231. The van der Waals surface area contributed by atoms with Gasteiger partial charge < -0.3 is 5.73 Å². The van der Waals surface area contributed by atoms with E-state index in [1.54, 1.807) is 6.20 Å². The van der Waals surface area contributed by atoms with E-state index in [-0.39, 0.29) is 6.04 Å². The molecule has 0 radical (unpaired) electrons. The molecule has 0 aliphatic heterocycles. The molecule has 0 aliphatic rings. The van der Waals surface area contributed by atoms with Gasteiger partial charge in [-0.1, -0.05) is 0 Å². The van der Waals surface area contributed by atoms with E-state index >= 15 is 0 Å². The maximum Gasteiger partial charge on any atom is 0.0303 e. The summed E-state index contributed by atoms with van der Waals surface area (Å²) in [5.74, 6) is 0. The molecule has 1 rings (SSSR count). The van der Waals surface area contributed by atoms with Crippen LogP contribution in [0.4, 0.5) is 0 Å². The Balaban J connectivity index is 2.78. The summed E-state index contributed by atoms with van der Waals surface area (Å²) in [5, 5.41) is 0. The molecule has 1 atom stereocenters. The molecule has 0 saturated heterocycles. The summed E-state index contributed by atoms with van der Waals surface area (Å²) < 4.78 is 0. The molecule has 1 aromatic rings. The Morgan fingerprint density at radius 1 is 1.64 bits per heavy atom. The second-order valence-electron chi connectivity index (χ2n) is 2.98. The lowest BCUT2D eigenvalue weighted by molar-refractivity contribution is 0.732. The highest BCUT2D eigenvalue weighted by Gasteiger charge is 1.99. The normalized spacial score (nSPS) is 13.0. The van der Waals surface area contributed by atoms with Crippen molar-refractivity contribution in [1.29, 1.82) is 0 Å². The predicted octanol–water partition coefficient (Wildman–Crippen LogP) is 1.28. The Morgan fingerprint density at radius 2 is 2.36 bits per heavy atom. The van der Waals surface area contributed by atoms with Gasteiger partial charge in [0, 0.05) is 18.4 Å². The van der Waals surface area contributed by atoms with E-state index in [9.17, 15) is 0 Å². The van der Waals surface area contributed by atoms with Crippen molar-refractivity contribution >= 4 is 0 Å². The third kappa shape index (κ3) is 2.31. The molecule has 0 fully saturated rings. The first-order chi connectivity index (χ1) is 5.20. The maximum absolute atomic E-state index is 5.67. The lowest BCUT2D eigenvalue weighted by atomic mass is 10.1. The van der Waals surface area contributed by atoms with Crippen molar-refractivity contribution in [2.45, 2.75) is 26.3 Å². The summed E-state index contributed by atoms with van der Waals surface area (Å²) >= 11 is 0. The number of rotatable bonds is 2. The monoisotopic (exact) mass is 150 g/mol. The smallest absolute Gasteiger partial charge is 0.0303 e. The number of nitrogens with zero attached hydrogens (tertiary/aromatic N) is 1. The Labute approximate surface area is 67.5 Å². The van der Waals surface area contributed by atoms with Crippen molar-refractivity contribution in [3.8, 4) is 0 Å². The summed E-state index contributed by atoms with van der Waals surface area (Å²) in [5.41, 5.74) is 8.19. The molecular weight excluding hydrogens is 136 g/mol. The van der Waals surface area contributed by atoms with Gasteiger partial charge in [-0.25, -0.2) is 0 Å². The molecule has 1 heterocycles. The van der Waals surface area contributed by atoms with Gasteiger partial charge in [0.15, 0.2) is 0 Å².